The molecule has 0 aliphatic carbocycles. The molecule has 2 N–H and O–H groups in total. The number of H-pyrrole nitrogens is 1. The van der Waals surface area contributed by atoms with E-state index in [0.717, 1.165) is 10.7 Å². The molecule has 0 saturated heterocycles. The summed E-state index contributed by atoms with van der Waals surface area (Å²) in [5.74, 6) is 1.36. The maximum Gasteiger partial charge on any atom is 0.226 e. The maximum atomic E-state index is 12.2. The van der Waals surface area contributed by atoms with Gasteiger partial charge in [0, 0.05) is 24.7 Å². The van der Waals surface area contributed by atoms with Crippen LogP contribution in [0.2, 0.25) is 0 Å². The van der Waals surface area contributed by atoms with Crippen LogP contribution in [0.25, 0.3) is 10.7 Å². The number of benzene rings is 1. The minimum atomic E-state index is -0.0940. The van der Waals surface area contributed by atoms with Crippen LogP contribution in [0.1, 0.15) is 6.42 Å². The summed E-state index contributed by atoms with van der Waals surface area (Å²) in [4.78, 5) is 13.2. The first-order chi connectivity index (χ1) is 11.7. The normalized spacial score (nSPS) is 10.5. The monoisotopic (exact) mass is 360 g/mol. The van der Waals surface area contributed by atoms with Crippen LogP contribution >= 0.6 is 23.6 Å². The number of rotatable bonds is 6. The minimum Gasteiger partial charge on any atom is -0.497 e. The third-order valence-electron chi connectivity index (χ3n) is 3.42. The Bertz CT molecular complexity index is 884. The molecule has 0 aliphatic heterocycles. The molecule has 0 unspecified atom stereocenters. The lowest BCUT2D eigenvalue weighted by molar-refractivity contribution is -0.116. The van der Waals surface area contributed by atoms with Crippen molar-refractivity contribution >= 4 is 35.1 Å². The van der Waals surface area contributed by atoms with Gasteiger partial charge in [0.2, 0.25) is 5.91 Å². The molecular weight excluding hydrogens is 344 g/mol. The summed E-state index contributed by atoms with van der Waals surface area (Å²) in [6.45, 7) is 0.457. The minimum absolute atomic E-state index is 0.0940. The first kappa shape index (κ1) is 16.4. The van der Waals surface area contributed by atoms with Crippen LogP contribution < -0.4 is 10.1 Å². The number of hydrogen-bond donors (Lipinski definition) is 2. The van der Waals surface area contributed by atoms with E-state index in [-0.39, 0.29) is 5.91 Å². The van der Waals surface area contributed by atoms with Crippen LogP contribution in [0.15, 0.2) is 41.8 Å². The number of nitrogens with zero attached hydrogens (tertiary/aromatic N) is 2. The Kier molecular flexibility index (Phi) is 5.07. The molecule has 2 aromatic heterocycles. The SMILES string of the molecule is COc1cccc(NC(=O)CCn2c(-c3cccs3)n[nH]c2=S)c1. The van der Waals surface area contributed by atoms with E-state index in [1.54, 1.807) is 24.5 Å². The molecule has 0 radical (unpaired) electrons. The Hall–Kier alpha value is -2.45. The van der Waals surface area contributed by atoms with Gasteiger partial charge >= 0.3 is 0 Å². The highest BCUT2D eigenvalue weighted by molar-refractivity contribution is 7.71. The highest BCUT2D eigenvalue weighted by Gasteiger charge is 2.11. The van der Waals surface area contributed by atoms with Crippen LogP contribution in [0.5, 0.6) is 5.75 Å². The Morgan fingerprint density at radius 2 is 2.29 bits per heavy atom. The number of hydrogen-bond acceptors (Lipinski definition) is 5. The first-order valence-corrected chi connectivity index (χ1v) is 8.59. The van der Waals surface area contributed by atoms with Gasteiger partial charge in [-0.25, -0.2) is 0 Å². The van der Waals surface area contributed by atoms with Gasteiger partial charge in [-0.05, 0) is 35.8 Å². The summed E-state index contributed by atoms with van der Waals surface area (Å²) in [6, 6.07) is 11.2. The molecule has 2 heterocycles. The maximum absolute atomic E-state index is 12.2. The number of thiophene rings is 1. The number of aromatic amines is 1. The summed E-state index contributed by atoms with van der Waals surface area (Å²) in [5.41, 5.74) is 0.702. The second kappa shape index (κ2) is 7.41. The van der Waals surface area contributed by atoms with Gasteiger partial charge in [0.1, 0.15) is 5.75 Å². The molecule has 0 saturated carbocycles. The van der Waals surface area contributed by atoms with Gasteiger partial charge in [-0.15, -0.1) is 11.3 Å². The Morgan fingerprint density at radius 1 is 1.42 bits per heavy atom. The summed E-state index contributed by atoms with van der Waals surface area (Å²) < 4.78 is 7.49. The number of ether oxygens (including phenoxy) is 1. The van der Waals surface area contributed by atoms with Crippen LogP contribution in [-0.4, -0.2) is 27.8 Å². The lowest BCUT2D eigenvalue weighted by Gasteiger charge is -2.08. The average Bonchev–Trinajstić information content (AvgIpc) is 3.22. The van der Waals surface area contributed by atoms with Crippen molar-refractivity contribution in [3.05, 3.63) is 46.5 Å². The van der Waals surface area contributed by atoms with Gasteiger partial charge in [-0.1, -0.05) is 12.1 Å². The van der Waals surface area contributed by atoms with Crippen molar-refractivity contribution in [2.45, 2.75) is 13.0 Å². The standard InChI is InChI=1S/C16H16N4O2S2/c1-22-12-5-2-4-11(10-12)17-14(21)7-8-20-15(18-19-16(20)23)13-6-3-9-24-13/h2-6,9-10H,7-8H2,1H3,(H,17,21)(H,19,23). The molecule has 6 nitrogen and oxygen atoms in total. The fourth-order valence-electron chi connectivity index (χ4n) is 2.26. The van der Waals surface area contributed by atoms with E-state index in [9.17, 15) is 4.79 Å². The molecule has 24 heavy (non-hydrogen) atoms. The summed E-state index contributed by atoms with van der Waals surface area (Å²) >= 11 is 6.84. The predicted molar refractivity (Wildman–Crippen MR) is 97.0 cm³/mol. The van der Waals surface area contributed by atoms with Crippen molar-refractivity contribution < 1.29 is 9.53 Å². The van der Waals surface area contributed by atoms with Gasteiger partial charge in [0.15, 0.2) is 10.6 Å². The fraction of sp³-hybridized carbons (Fsp3) is 0.188. The molecule has 0 aliphatic rings. The predicted octanol–water partition coefficient (Wildman–Crippen LogP) is 3.71. The lowest BCUT2D eigenvalue weighted by atomic mass is 10.3. The number of anilines is 1. The molecule has 0 spiro atoms. The molecular formula is C16H16N4O2S2. The van der Waals surface area contributed by atoms with E-state index in [0.29, 0.717) is 29.2 Å². The van der Waals surface area contributed by atoms with Gasteiger partial charge in [0.05, 0.1) is 12.0 Å². The van der Waals surface area contributed by atoms with E-state index in [4.69, 9.17) is 17.0 Å². The van der Waals surface area contributed by atoms with E-state index in [2.05, 4.69) is 15.5 Å². The Labute approximate surface area is 148 Å². The van der Waals surface area contributed by atoms with E-state index >= 15 is 0 Å². The number of aromatic nitrogens is 3. The summed E-state index contributed by atoms with van der Waals surface area (Å²) in [7, 11) is 1.59. The quantitative estimate of drug-likeness (QED) is 0.658. The van der Waals surface area contributed by atoms with Crippen LogP contribution in [0, 0.1) is 4.77 Å². The largest absolute Gasteiger partial charge is 0.497 e. The van der Waals surface area contributed by atoms with Crippen molar-refractivity contribution in [3.63, 3.8) is 0 Å². The molecule has 1 amide bonds. The molecule has 124 valence electrons. The van der Waals surface area contributed by atoms with Crippen molar-refractivity contribution in [2.24, 2.45) is 0 Å². The zero-order valence-corrected chi connectivity index (χ0v) is 14.6. The second-order valence-corrected chi connectivity index (χ2v) is 6.35. The molecule has 3 aromatic rings. The third kappa shape index (κ3) is 3.72. The van der Waals surface area contributed by atoms with Gasteiger partial charge in [-0.2, -0.15) is 5.10 Å². The fourth-order valence-corrected chi connectivity index (χ4v) is 3.20. The number of nitrogens with one attached hydrogen (secondary N) is 2. The Morgan fingerprint density at radius 3 is 3.04 bits per heavy atom. The molecule has 1 aromatic carbocycles. The van der Waals surface area contributed by atoms with Crippen molar-refractivity contribution in [1.29, 1.82) is 0 Å². The van der Waals surface area contributed by atoms with Crippen molar-refractivity contribution in [3.8, 4) is 16.5 Å². The number of carbonyl (C=O) groups excluding carboxylic acids is 1. The zero-order valence-electron chi connectivity index (χ0n) is 13.0. The van der Waals surface area contributed by atoms with E-state index < -0.39 is 0 Å². The smallest absolute Gasteiger partial charge is 0.226 e. The van der Waals surface area contributed by atoms with Gasteiger partial charge < -0.3 is 10.1 Å². The lowest BCUT2D eigenvalue weighted by Crippen LogP contribution is -2.15. The van der Waals surface area contributed by atoms with E-state index in [1.165, 1.54) is 0 Å². The molecule has 0 atom stereocenters. The molecule has 3 rings (SSSR count). The van der Waals surface area contributed by atoms with Crippen LogP contribution in [-0.2, 0) is 11.3 Å². The molecule has 8 heteroatoms. The van der Waals surface area contributed by atoms with Gasteiger partial charge in [0.25, 0.3) is 0 Å². The number of methoxy groups -OCH3 is 1. The first-order valence-electron chi connectivity index (χ1n) is 7.30. The average molecular weight is 360 g/mol. The molecule has 0 bridgehead atoms. The van der Waals surface area contributed by atoms with Crippen LogP contribution in [0.3, 0.4) is 0 Å². The second-order valence-electron chi connectivity index (χ2n) is 5.01. The number of carbonyl (C=O) groups is 1. The Balaban J connectivity index is 1.67. The van der Waals surface area contributed by atoms with Crippen LogP contribution in [0.4, 0.5) is 5.69 Å². The van der Waals surface area contributed by atoms with Crippen molar-refractivity contribution in [2.75, 3.05) is 12.4 Å². The van der Waals surface area contributed by atoms with E-state index in [1.807, 2.05) is 40.3 Å². The highest BCUT2D eigenvalue weighted by atomic mass is 32.1. The van der Waals surface area contributed by atoms with Crippen molar-refractivity contribution in [1.82, 2.24) is 14.8 Å². The highest BCUT2D eigenvalue weighted by Crippen LogP contribution is 2.23. The number of amides is 1. The molecule has 0 fully saturated rings. The third-order valence-corrected chi connectivity index (χ3v) is 4.59. The zero-order chi connectivity index (χ0) is 16.9. The topological polar surface area (TPSA) is 71.9 Å². The van der Waals surface area contributed by atoms with Gasteiger partial charge in [-0.3, -0.25) is 14.5 Å². The summed E-state index contributed by atoms with van der Waals surface area (Å²) in [6.07, 6.45) is 0.295. The summed E-state index contributed by atoms with van der Waals surface area (Å²) in [5, 5.41) is 11.9.